The van der Waals surface area contributed by atoms with Gasteiger partial charge in [-0.05, 0) is 18.6 Å². The molecule has 0 amide bonds. The number of aromatic amines is 1. The van der Waals surface area contributed by atoms with Crippen LogP contribution in [0.1, 0.15) is 11.1 Å². The van der Waals surface area contributed by atoms with Gasteiger partial charge < -0.3 is 10.2 Å². The Morgan fingerprint density at radius 1 is 1.62 bits per heavy atom. The van der Waals surface area contributed by atoms with Crippen molar-refractivity contribution in [1.82, 2.24) is 9.97 Å². The molecular formula is C9H9N3O. The molecule has 0 unspecified atom stereocenters. The summed E-state index contributed by atoms with van der Waals surface area (Å²) in [7, 11) is 0. The van der Waals surface area contributed by atoms with Crippen molar-refractivity contribution in [2.45, 2.75) is 6.92 Å². The first kappa shape index (κ1) is 7.79. The minimum atomic E-state index is 0.806. The number of nitrogens with zero attached hydrogens (tertiary/aromatic N) is 2. The van der Waals surface area contributed by atoms with E-state index in [0.29, 0.717) is 0 Å². The van der Waals surface area contributed by atoms with Crippen LogP contribution >= 0.6 is 0 Å². The van der Waals surface area contributed by atoms with Gasteiger partial charge in [-0.3, -0.25) is 0 Å². The number of nitrogens with one attached hydrogen (secondary N) is 1. The molecule has 13 heavy (non-hydrogen) atoms. The van der Waals surface area contributed by atoms with Gasteiger partial charge in [-0.15, -0.1) is 0 Å². The smallest absolute Gasteiger partial charge is 0.137 e. The molecule has 0 spiro atoms. The summed E-state index contributed by atoms with van der Waals surface area (Å²) in [5.41, 5.74) is 2.73. The van der Waals surface area contributed by atoms with Crippen LogP contribution < -0.4 is 0 Å². The molecular weight excluding hydrogens is 166 g/mol. The van der Waals surface area contributed by atoms with Crippen molar-refractivity contribution in [3.05, 3.63) is 29.6 Å². The van der Waals surface area contributed by atoms with Gasteiger partial charge in [0, 0.05) is 23.3 Å². The third-order valence-corrected chi connectivity index (χ3v) is 1.90. The number of oxime groups is 1. The van der Waals surface area contributed by atoms with Crippen molar-refractivity contribution >= 4 is 17.2 Å². The summed E-state index contributed by atoms with van der Waals surface area (Å²) in [5, 5.41) is 12.4. The third-order valence-electron chi connectivity index (χ3n) is 1.90. The van der Waals surface area contributed by atoms with Gasteiger partial charge in [0.05, 0.1) is 6.21 Å². The molecule has 66 valence electrons. The van der Waals surface area contributed by atoms with Crippen molar-refractivity contribution in [3.63, 3.8) is 0 Å². The summed E-state index contributed by atoms with van der Waals surface area (Å²) in [6.07, 6.45) is 4.94. The molecule has 4 nitrogen and oxygen atoms in total. The number of fused-ring (bicyclic) bond motifs is 1. The number of aromatic nitrogens is 2. The number of pyridine rings is 1. The molecule has 0 aliphatic rings. The first-order valence-corrected chi connectivity index (χ1v) is 3.92. The molecule has 0 aromatic carbocycles. The van der Waals surface area contributed by atoms with Crippen molar-refractivity contribution in [2.75, 3.05) is 0 Å². The number of rotatable bonds is 1. The lowest BCUT2D eigenvalue weighted by Gasteiger charge is -1.92. The highest BCUT2D eigenvalue weighted by Gasteiger charge is 2.01. The summed E-state index contributed by atoms with van der Waals surface area (Å²) < 4.78 is 0. The molecule has 0 aliphatic carbocycles. The Hall–Kier alpha value is -1.84. The fraction of sp³-hybridized carbons (Fsp3) is 0.111. The van der Waals surface area contributed by atoms with Crippen LogP contribution in [0.5, 0.6) is 0 Å². The van der Waals surface area contributed by atoms with Crippen LogP contribution in [-0.2, 0) is 0 Å². The molecule has 0 aliphatic heterocycles. The third kappa shape index (κ3) is 1.26. The largest absolute Gasteiger partial charge is 0.411 e. The lowest BCUT2D eigenvalue weighted by Crippen LogP contribution is -1.81. The Labute approximate surface area is 74.9 Å². The number of H-pyrrole nitrogens is 1. The highest BCUT2D eigenvalue weighted by Crippen LogP contribution is 2.15. The Morgan fingerprint density at radius 3 is 3.23 bits per heavy atom. The van der Waals surface area contributed by atoms with Crippen LogP contribution in [0.3, 0.4) is 0 Å². The van der Waals surface area contributed by atoms with Crippen molar-refractivity contribution in [3.8, 4) is 0 Å². The number of aryl methyl sites for hydroxylation is 1. The Balaban J connectivity index is 2.71. The molecule has 2 aromatic heterocycles. The van der Waals surface area contributed by atoms with Gasteiger partial charge in [0.25, 0.3) is 0 Å². The van der Waals surface area contributed by atoms with Crippen molar-refractivity contribution in [1.29, 1.82) is 0 Å². The van der Waals surface area contributed by atoms with Gasteiger partial charge in [0.1, 0.15) is 5.65 Å². The summed E-state index contributed by atoms with van der Waals surface area (Å²) in [6.45, 7) is 1.97. The summed E-state index contributed by atoms with van der Waals surface area (Å²) >= 11 is 0. The number of hydrogen-bond donors (Lipinski definition) is 2. The van der Waals surface area contributed by atoms with E-state index >= 15 is 0 Å². The van der Waals surface area contributed by atoms with E-state index in [4.69, 9.17) is 5.21 Å². The maximum atomic E-state index is 8.40. The molecule has 4 heteroatoms. The zero-order valence-electron chi connectivity index (χ0n) is 7.15. The van der Waals surface area contributed by atoms with Gasteiger partial charge in [-0.2, -0.15) is 0 Å². The summed E-state index contributed by atoms with van der Waals surface area (Å²) in [4.78, 5) is 7.17. The maximum absolute atomic E-state index is 8.40. The van der Waals surface area contributed by atoms with Gasteiger partial charge in [-0.25, -0.2) is 4.98 Å². The first-order valence-electron chi connectivity index (χ1n) is 3.92. The topological polar surface area (TPSA) is 61.3 Å². The van der Waals surface area contributed by atoms with Crippen molar-refractivity contribution in [2.24, 2.45) is 5.16 Å². The van der Waals surface area contributed by atoms with Crippen LogP contribution in [0, 0.1) is 6.92 Å². The zero-order valence-corrected chi connectivity index (χ0v) is 7.15. The van der Waals surface area contributed by atoms with Crippen LogP contribution in [-0.4, -0.2) is 21.4 Å². The lowest BCUT2D eigenvalue weighted by atomic mass is 10.2. The number of hydrogen-bond acceptors (Lipinski definition) is 3. The van der Waals surface area contributed by atoms with Gasteiger partial charge in [0.15, 0.2) is 0 Å². The molecule has 0 fully saturated rings. The van der Waals surface area contributed by atoms with E-state index in [1.807, 2.05) is 13.0 Å². The Kier molecular flexibility index (Phi) is 1.73. The fourth-order valence-corrected chi connectivity index (χ4v) is 1.30. The van der Waals surface area contributed by atoms with Gasteiger partial charge >= 0.3 is 0 Å². The second kappa shape index (κ2) is 2.90. The quantitative estimate of drug-likeness (QED) is 0.393. The molecule has 2 rings (SSSR count). The van der Waals surface area contributed by atoms with E-state index in [1.54, 1.807) is 12.4 Å². The molecule has 0 saturated carbocycles. The second-order valence-corrected chi connectivity index (χ2v) is 2.90. The summed E-state index contributed by atoms with van der Waals surface area (Å²) in [6, 6.07) is 2.00. The van der Waals surface area contributed by atoms with E-state index in [-0.39, 0.29) is 0 Å². The monoisotopic (exact) mass is 175 g/mol. The summed E-state index contributed by atoms with van der Waals surface area (Å²) in [5.74, 6) is 0. The standard InChI is InChI=1S/C9H9N3O/c1-6-2-8-7(5-12-13)4-11-9(8)10-3-6/h2-5,13H,1H3,(H,10,11)/b12-5+. The predicted octanol–water partition coefficient (Wildman–Crippen LogP) is 1.68. The minimum absolute atomic E-state index is 0.806. The van der Waals surface area contributed by atoms with E-state index in [0.717, 1.165) is 22.2 Å². The fourth-order valence-electron chi connectivity index (χ4n) is 1.30. The van der Waals surface area contributed by atoms with Gasteiger partial charge in [-0.1, -0.05) is 5.16 Å². The van der Waals surface area contributed by atoms with E-state index in [2.05, 4.69) is 15.1 Å². The van der Waals surface area contributed by atoms with Crippen LogP contribution in [0.25, 0.3) is 11.0 Å². The SMILES string of the molecule is Cc1cnc2[nH]cc(/C=N/O)c2c1. The molecule has 0 radical (unpaired) electrons. The van der Waals surface area contributed by atoms with Crippen LogP contribution in [0.15, 0.2) is 23.6 Å². The highest BCUT2D eigenvalue weighted by molar-refractivity contribution is 5.97. The van der Waals surface area contributed by atoms with Crippen LogP contribution in [0.4, 0.5) is 0 Å². The van der Waals surface area contributed by atoms with Crippen LogP contribution in [0.2, 0.25) is 0 Å². The van der Waals surface area contributed by atoms with Gasteiger partial charge in [0.2, 0.25) is 0 Å². The molecule has 0 atom stereocenters. The Bertz CT molecular complexity index is 459. The predicted molar refractivity (Wildman–Crippen MR) is 50.2 cm³/mol. The molecule has 0 bridgehead atoms. The molecule has 0 saturated heterocycles. The Morgan fingerprint density at radius 2 is 2.46 bits per heavy atom. The van der Waals surface area contributed by atoms with E-state index in [9.17, 15) is 0 Å². The molecule has 2 aromatic rings. The lowest BCUT2D eigenvalue weighted by molar-refractivity contribution is 0.322. The highest BCUT2D eigenvalue weighted by atomic mass is 16.4. The first-order chi connectivity index (χ1) is 6.31. The molecule has 2 N–H and O–H groups in total. The average molecular weight is 175 g/mol. The van der Waals surface area contributed by atoms with E-state index in [1.165, 1.54) is 6.21 Å². The zero-order chi connectivity index (χ0) is 9.26. The minimum Gasteiger partial charge on any atom is -0.411 e. The van der Waals surface area contributed by atoms with E-state index < -0.39 is 0 Å². The normalized spacial score (nSPS) is 11.5. The second-order valence-electron chi connectivity index (χ2n) is 2.90. The average Bonchev–Trinajstić information content (AvgIpc) is 2.49. The maximum Gasteiger partial charge on any atom is 0.137 e. The molecule has 2 heterocycles. The van der Waals surface area contributed by atoms with Crippen molar-refractivity contribution < 1.29 is 5.21 Å².